The van der Waals surface area contributed by atoms with Gasteiger partial charge in [0.15, 0.2) is 0 Å². The smallest absolute Gasteiger partial charge is 0.268 e. The van der Waals surface area contributed by atoms with Crippen molar-refractivity contribution in [1.29, 1.82) is 0 Å². The number of nitrogens with one attached hydrogen (secondary N) is 1. The van der Waals surface area contributed by atoms with Crippen LogP contribution in [0.15, 0.2) is 0 Å². The summed E-state index contributed by atoms with van der Waals surface area (Å²) in [7, 11) is 1.33. The molecule has 0 aliphatic carbocycles. The first-order chi connectivity index (χ1) is 36.0. The molecular formula is C65H133N2O6P. The Balaban J connectivity index is 3.90. The molecule has 0 saturated heterocycles. The molecule has 0 aromatic carbocycles. The monoisotopic (exact) mass is 1070 g/mol. The van der Waals surface area contributed by atoms with Crippen LogP contribution in [0.4, 0.5) is 0 Å². The van der Waals surface area contributed by atoms with E-state index < -0.39 is 20.0 Å². The van der Waals surface area contributed by atoms with Crippen LogP contribution in [0, 0.1) is 0 Å². The van der Waals surface area contributed by atoms with Crippen molar-refractivity contribution in [3.05, 3.63) is 0 Å². The summed E-state index contributed by atoms with van der Waals surface area (Å²) >= 11 is 0. The molecule has 9 heteroatoms. The second-order valence-electron chi connectivity index (χ2n) is 24.5. The highest BCUT2D eigenvalue weighted by Gasteiger charge is 2.24. The van der Waals surface area contributed by atoms with Gasteiger partial charge in [-0.05, 0) is 12.8 Å². The number of rotatable bonds is 63. The second-order valence-corrected chi connectivity index (χ2v) is 26.0. The molecular weight excluding hydrogens is 936 g/mol. The first-order valence-corrected chi connectivity index (χ1v) is 34.8. The van der Waals surface area contributed by atoms with Crippen LogP contribution < -0.4 is 10.2 Å². The number of phosphoric ester groups is 1. The minimum atomic E-state index is -4.57. The van der Waals surface area contributed by atoms with Crippen molar-refractivity contribution in [3.8, 4) is 0 Å². The second kappa shape index (κ2) is 57.2. The maximum atomic E-state index is 13.0. The lowest BCUT2D eigenvalue weighted by atomic mass is 10.0. The Morgan fingerprint density at radius 2 is 0.662 bits per heavy atom. The van der Waals surface area contributed by atoms with Crippen molar-refractivity contribution in [1.82, 2.24) is 5.32 Å². The van der Waals surface area contributed by atoms with Crippen LogP contribution in [-0.2, 0) is 18.4 Å². The van der Waals surface area contributed by atoms with Gasteiger partial charge in [-0.2, -0.15) is 0 Å². The lowest BCUT2D eigenvalue weighted by Crippen LogP contribution is -2.46. The number of likely N-dealkylation sites (N-methyl/N-ethyl adjacent to an activating group) is 1. The zero-order chi connectivity index (χ0) is 54.2. The van der Waals surface area contributed by atoms with Gasteiger partial charge in [0.1, 0.15) is 13.2 Å². The molecule has 0 heterocycles. The summed E-state index contributed by atoms with van der Waals surface area (Å²) in [5.41, 5.74) is 0. The molecule has 0 rings (SSSR count). The molecule has 444 valence electrons. The zero-order valence-corrected chi connectivity index (χ0v) is 51.7. The van der Waals surface area contributed by atoms with Gasteiger partial charge in [0, 0.05) is 6.42 Å². The quantitative estimate of drug-likeness (QED) is 0.0357. The Hall–Kier alpha value is -0.500. The molecule has 0 spiro atoms. The minimum Gasteiger partial charge on any atom is -0.756 e. The van der Waals surface area contributed by atoms with Gasteiger partial charge in [-0.25, -0.2) is 0 Å². The largest absolute Gasteiger partial charge is 0.756 e. The van der Waals surface area contributed by atoms with Gasteiger partial charge in [-0.3, -0.25) is 9.36 Å². The average Bonchev–Trinajstić information content (AvgIpc) is 3.36. The van der Waals surface area contributed by atoms with Crippen molar-refractivity contribution in [2.24, 2.45) is 0 Å². The van der Waals surface area contributed by atoms with Crippen molar-refractivity contribution in [3.63, 3.8) is 0 Å². The molecule has 0 saturated carbocycles. The average molecular weight is 1070 g/mol. The van der Waals surface area contributed by atoms with E-state index >= 15 is 0 Å². The highest BCUT2D eigenvalue weighted by Crippen LogP contribution is 2.38. The number of phosphoric acid groups is 1. The third kappa shape index (κ3) is 59.2. The number of carbonyl (C=O) groups excluding carboxylic acids is 1. The molecule has 0 radical (unpaired) electrons. The zero-order valence-electron chi connectivity index (χ0n) is 50.8. The third-order valence-corrected chi connectivity index (χ3v) is 16.8. The maximum Gasteiger partial charge on any atom is 0.268 e. The number of aliphatic hydroxyl groups is 1. The Morgan fingerprint density at radius 3 is 0.919 bits per heavy atom. The molecule has 0 fully saturated rings. The molecule has 0 aliphatic heterocycles. The number of unbranched alkanes of at least 4 members (excludes halogenated alkanes) is 50. The highest BCUT2D eigenvalue weighted by molar-refractivity contribution is 7.45. The molecule has 0 aromatic rings. The van der Waals surface area contributed by atoms with E-state index in [4.69, 9.17) is 9.05 Å². The van der Waals surface area contributed by atoms with Gasteiger partial charge in [-0.15, -0.1) is 0 Å². The first kappa shape index (κ1) is 73.5. The number of amides is 1. The van der Waals surface area contributed by atoms with Gasteiger partial charge in [-0.1, -0.05) is 341 Å². The van der Waals surface area contributed by atoms with Crippen molar-refractivity contribution in [2.75, 3.05) is 40.9 Å². The summed E-state index contributed by atoms with van der Waals surface area (Å²) in [5.74, 6) is -0.155. The van der Waals surface area contributed by atoms with Crippen LogP contribution in [-0.4, -0.2) is 68.5 Å². The molecule has 2 N–H and O–H groups in total. The molecule has 1 amide bonds. The predicted octanol–water partition coefficient (Wildman–Crippen LogP) is 20.1. The number of hydrogen-bond donors (Lipinski definition) is 2. The van der Waals surface area contributed by atoms with Crippen LogP contribution in [0.3, 0.4) is 0 Å². The molecule has 1 unspecified atom stereocenters. The highest BCUT2D eigenvalue weighted by atomic mass is 31.2. The maximum absolute atomic E-state index is 13.0. The SMILES string of the molecule is CCCCCCCCCCCCCCCCCCCCCCCCCCCCCCCCCCCCCC(=O)N[C@@H](COP(=O)([O-])OCC[N+](C)(C)C)[C@H](O)CCCCCCCCCCCCCCCCCCC. The standard InChI is InChI=1S/C65H133N2O6P/c1-6-8-10-12-14-16-18-20-22-24-25-26-27-28-29-30-31-32-33-34-35-36-37-38-39-40-41-43-45-47-49-51-53-55-57-59-65(69)66-63(62-73-74(70,71)72-61-60-67(3,4)5)64(68)58-56-54-52-50-48-46-44-42-23-21-19-17-15-13-11-9-7-2/h63-64,68H,6-62H2,1-5H3,(H-,66,69,70,71)/t63-,64+/m0/s1. The van der Waals surface area contributed by atoms with Gasteiger partial charge in [0.25, 0.3) is 7.82 Å². The van der Waals surface area contributed by atoms with Crippen LogP contribution in [0.5, 0.6) is 0 Å². The molecule has 0 aromatic heterocycles. The van der Waals surface area contributed by atoms with Gasteiger partial charge in [0.05, 0.1) is 39.9 Å². The molecule has 0 bridgehead atoms. The number of hydrogen-bond acceptors (Lipinski definition) is 6. The van der Waals surface area contributed by atoms with Gasteiger partial charge in [0.2, 0.25) is 5.91 Å². The summed E-state index contributed by atoms with van der Waals surface area (Å²) in [6.07, 6.45) is 70.4. The lowest BCUT2D eigenvalue weighted by molar-refractivity contribution is -0.870. The van der Waals surface area contributed by atoms with E-state index in [1.54, 1.807) is 0 Å². The number of quaternary nitrogens is 1. The number of carbonyl (C=O) groups is 1. The van der Waals surface area contributed by atoms with Crippen LogP contribution in [0.1, 0.15) is 361 Å². The topological polar surface area (TPSA) is 108 Å². The van der Waals surface area contributed by atoms with Crippen molar-refractivity contribution < 1.29 is 32.9 Å². The fraction of sp³-hybridized carbons (Fsp3) is 0.985. The van der Waals surface area contributed by atoms with Gasteiger partial charge >= 0.3 is 0 Å². The number of aliphatic hydroxyl groups excluding tert-OH is 1. The van der Waals surface area contributed by atoms with E-state index in [0.29, 0.717) is 23.9 Å². The Labute approximate surface area is 463 Å². The Bertz CT molecular complexity index is 1170. The summed E-state index contributed by atoms with van der Waals surface area (Å²) in [5, 5.41) is 14.1. The minimum absolute atomic E-state index is 0.0167. The van der Waals surface area contributed by atoms with E-state index in [1.807, 2.05) is 21.1 Å². The van der Waals surface area contributed by atoms with Crippen molar-refractivity contribution >= 4 is 13.7 Å². The van der Waals surface area contributed by atoms with E-state index in [1.165, 1.54) is 295 Å². The molecule has 74 heavy (non-hydrogen) atoms. The van der Waals surface area contributed by atoms with Crippen LogP contribution in [0.25, 0.3) is 0 Å². The summed E-state index contributed by atoms with van der Waals surface area (Å²) < 4.78 is 23.5. The fourth-order valence-corrected chi connectivity index (χ4v) is 11.4. The third-order valence-electron chi connectivity index (χ3n) is 15.8. The normalized spacial score (nSPS) is 13.7. The summed E-state index contributed by atoms with van der Waals surface area (Å²) in [4.78, 5) is 25.6. The predicted molar refractivity (Wildman–Crippen MR) is 321 cm³/mol. The molecule has 0 aliphatic rings. The molecule has 8 nitrogen and oxygen atoms in total. The Morgan fingerprint density at radius 1 is 0.419 bits per heavy atom. The van der Waals surface area contributed by atoms with E-state index in [-0.39, 0.29) is 19.1 Å². The summed E-state index contributed by atoms with van der Waals surface area (Å²) in [6.45, 7) is 4.79. The van der Waals surface area contributed by atoms with Crippen LogP contribution >= 0.6 is 7.82 Å². The van der Waals surface area contributed by atoms with Gasteiger partial charge < -0.3 is 28.8 Å². The van der Waals surface area contributed by atoms with E-state index in [9.17, 15) is 19.4 Å². The lowest BCUT2D eigenvalue weighted by Gasteiger charge is -2.30. The molecule has 3 atom stereocenters. The first-order valence-electron chi connectivity index (χ1n) is 33.4. The Kier molecular flexibility index (Phi) is 56.8. The van der Waals surface area contributed by atoms with Crippen LogP contribution in [0.2, 0.25) is 0 Å². The van der Waals surface area contributed by atoms with Crippen molar-refractivity contribution in [2.45, 2.75) is 373 Å². The van der Waals surface area contributed by atoms with E-state index in [2.05, 4.69) is 19.2 Å². The number of nitrogens with zero attached hydrogens (tertiary/aromatic N) is 1. The fourth-order valence-electron chi connectivity index (χ4n) is 10.6. The van der Waals surface area contributed by atoms with E-state index in [0.717, 1.165) is 38.5 Å². The summed E-state index contributed by atoms with van der Waals surface area (Å²) in [6, 6.07) is -0.796.